The number of aromatic nitrogens is 2. The molecule has 0 aliphatic carbocycles. The zero-order valence-electron chi connectivity index (χ0n) is 10.1. The van der Waals surface area contributed by atoms with Crippen molar-refractivity contribution in [2.75, 3.05) is 11.9 Å². The highest BCUT2D eigenvalue weighted by molar-refractivity contribution is 7.09. The standard InChI is InChI=1S/C12H16N4S/c1-9-10(6-13)7-14-12(15-9)16(2)8-11-4-3-5-17-11/h3-5,7H,6,8,13H2,1-2H3. The lowest BCUT2D eigenvalue weighted by molar-refractivity contribution is 0.855. The maximum absolute atomic E-state index is 5.59. The third-order valence-corrected chi connectivity index (χ3v) is 3.46. The molecular weight excluding hydrogens is 232 g/mol. The molecule has 0 aromatic carbocycles. The molecule has 0 radical (unpaired) electrons. The molecule has 0 aliphatic rings. The van der Waals surface area contributed by atoms with Gasteiger partial charge in [0.05, 0.1) is 6.54 Å². The Labute approximate surface area is 105 Å². The molecule has 17 heavy (non-hydrogen) atoms. The average molecular weight is 248 g/mol. The van der Waals surface area contributed by atoms with Gasteiger partial charge in [0.25, 0.3) is 0 Å². The van der Waals surface area contributed by atoms with Crippen LogP contribution < -0.4 is 10.6 Å². The Kier molecular flexibility index (Phi) is 3.71. The van der Waals surface area contributed by atoms with Crippen molar-refractivity contribution < 1.29 is 0 Å². The van der Waals surface area contributed by atoms with Gasteiger partial charge in [0, 0.05) is 35.9 Å². The molecule has 2 heterocycles. The van der Waals surface area contributed by atoms with Crippen LogP contribution in [0.4, 0.5) is 5.95 Å². The van der Waals surface area contributed by atoms with Gasteiger partial charge in [-0.15, -0.1) is 11.3 Å². The predicted molar refractivity (Wildman–Crippen MR) is 71.1 cm³/mol. The zero-order chi connectivity index (χ0) is 12.3. The van der Waals surface area contributed by atoms with Crippen molar-refractivity contribution in [2.24, 2.45) is 5.73 Å². The lowest BCUT2D eigenvalue weighted by Gasteiger charge is -2.16. The Bertz CT molecular complexity index is 481. The summed E-state index contributed by atoms with van der Waals surface area (Å²) in [7, 11) is 2.00. The largest absolute Gasteiger partial charge is 0.339 e. The number of rotatable bonds is 4. The first kappa shape index (κ1) is 12.0. The lowest BCUT2D eigenvalue weighted by atomic mass is 10.2. The number of thiophene rings is 1. The molecule has 0 bridgehead atoms. The van der Waals surface area contributed by atoms with Gasteiger partial charge < -0.3 is 10.6 Å². The fourth-order valence-corrected chi connectivity index (χ4v) is 2.33. The minimum atomic E-state index is 0.487. The van der Waals surface area contributed by atoms with Crippen LogP contribution in [0.1, 0.15) is 16.1 Å². The topological polar surface area (TPSA) is 55.0 Å². The summed E-state index contributed by atoms with van der Waals surface area (Å²) in [6.45, 7) is 3.28. The normalized spacial score (nSPS) is 10.5. The maximum Gasteiger partial charge on any atom is 0.225 e. The van der Waals surface area contributed by atoms with Gasteiger partial charge in [-0.25, -0.2) is 9.97 Å². The summed E-state index contributed by atoms with van der Waals surface area (Å²) in [4.78, 5) is 12.1. The Morgan fingerprint density at radius 1 is 1.47 bits per heavy atom. The highest BCUT2D eigenvalue weighted by Crippen LogP contribution is 2.15. The molecule has 0 aliphatic heterocycles. The summed E-state index contributed by atoms with van der Waals surface area (Å²) in [5.74, 6) is 0.744. The molecule has 0 atom stereocenters. The lowest BCUT2D eigenvalue weighted by Crippen LogP contribution is -2.19. The minimum Gasteiger partial charge on any atom is -0.339 e. The fourth-order valence-electron chi connectivity index (χ4n) is 1.57. The molecule has 2 aromatic heterocycles. The van der Waals surface area contributed by atoms with Crippen LogP contribution in [0.15, 0.2) is 23.7 Å². The number of nitrogens with zero attached hydrogens (tertiary/aromatic N) is 3. The summed E-state index contributed by atoms with van der Waals surface area (Å²) >= 11 is 1.74. The molecule has 2 aromatic rings. The average Bonchev–Trinajstić information content (AvgIpc) is 2.81. The van der Waals surface area contributed by atoms with Crippen molar-refractivity contribution in [3.05, 3.63) is 39.8 Å². The quantitative estimate of drug-likeness (QED) is 0.898. The van der Waals surface area contributed by atoms with E-state index >= 15 is 0 Å². The van der Waals surface area contributed by atoms with E-state index in [1.54, 1.807) is 11.3 Å². The van der Waals surface area contributed by atoms with Crippen LogP contribution in [-0.2, 0) is 13.1 Å². The first-order valence-electron chi connectivity index (χ1n) is 5.47. The van der Waals surface area contributed by atoms with Crippen LogP contribution in [0.5, 0.6) is 0 Å². The van der Waals surface area contributed by atoms with Gasteiger partial charge >= 0.3 is 0 Å². The molecule has 2 rings (SSSR count). The fraction of sp³-hybridized carbons (Fsp3) is 0.333. The van der Waals surface area contributed by atoms with E-state index in [2.05, 4.69) is 27.5 Å². The third-order valence-electron chi connectivity index (χ3n) is 2.60. The highest BCUT2D eigenvalue weighted by Gasteiger charge is 2.07. The van der Waals surface area contributed by atoms with Crippen LogP contribution in [0, 0.1) is 6.92 Å². The number of anilines is 1. The van der Waals surface area contributed by atoms with E-state index in [0.29, 0.717) is 6.54 Å². The molecule has 0 fully saturated rings. The van der Waals surface area contributed by atoms with Gasteiger partial charge in [-0.1, -0.05) is 6.07 Å². The maximum atomic E-state index is 5.59. The third kappa shape index (κ3) is 2.81. The molecule has 5 heteroatoms. The van der Waals surface area contributed by atoms with Crippen LogP contribution in [-0.4, -0.2) is 17.0 Å². The summed E-state index contributed by atoms with van der Waals surface area (Å²) in [6, 6.07) is 4.17. The molecule has 2 N–H and O–H groups in total. The van der Waals surface area contributed by atoms with E-state index in [0.717, 1.165) is 23.8 Å². The number of nitrogens with two attached hydrogens (primary N) is 1. The van der Waals surface area contributed by atoms with Crippen molar-refractivity contribution in [3.63, 3.8) is 0 Å². The number of aryl methyl sites for hydroxylation is 1. The van der Waals surface area contributed by atoms with Crippen molar-refractivity contribution in [2.45, 2.75) is 20.0 Å². The van der Waals surface area contributed by atoms with Gasteiger partial charge in [-0.3, -0.25) is 0 Å². The van der Waals surface area contributed by atoms with Gasteiger partial charge in [0.2, 0.25) is 5.95 Å². The molecule has 0 saturated carbocycles. The van der Waals surface area contributed by atoms with Gasteiger partial charge in [-0.2, -0.15) is 0 Å². The van der Waals surface area contributed by atoms with Crippen molar-refractivity contribution >= 4 is 17.3 Å². The van der Waals surface area contributed by atoms with Gasteiger partial charge in [-0.05, 0) is 18.4 Å². The Hall–Kier alpha value is -1.46. The van der Waals surface area contributed by atoms with E-state index in [1.807, 2.05) is 25.1 Å². The van der Waals surface area contributed by atoms with E-state index in [4.69, 9.17) is 5.73 Å². The van der Waals surface area contributed by atoms with Gasteiger partial charge in [0.1, 0.15) is 0 Å². The summed E-state index contributed by atoms with van der Waals surface area (Å²) in [6.07, 6.45) is 1.81. The molecule has 0 spiro atoms. The molecule has 0 amide bonds. The predicted octanol–water partition coefficient (Wildman–Crippen LogP) is 1.94. The highest BCUT2D eigenvalue weighted by atomic mass is 32.1. The second kappa shape index (κ2) is 5.25. The second-order valence-electron chi connectivity index (χ2n) is 3.92. The SMILES string of the molecule is Cc1nc(N(C)Cc2cccs2)ncc1CN. The smallest absolute Gasteiger partial charge is 0.225 e. The van der Waals surface area contributed by atoms with E-state index in [-0.39, 0.29) is 0 Å². The van der Waals surface area contributed by atoms with E-state index in [1.165, 1.54) is 4.88 Å². The second-order valence-corrected chi connectivity index (χ2v) is 4.95. The summed E-state index contributed by atoms with van der Waals surface area (Å²) in [5.41, 5.74) is 7.55. The first-order valence-corrected chi connectivity index (χ1v) is 6.34. The van der Waals surface area contributed by atoms with Crippen molar-refractivity contribution in [1.82, 2.24) is 9.97 Å². The van der Waals surface area contributed by atoms with Crippen molar-refractivity contribution in [3.8, 4) is 0 Å². The van der Waals surface area contributed by atoms with Crippen LogP contribution in [0.25, 0.3) is 0 Å². The van der Waals surface area contributed by atoms with Gasteiger partial charge in [0.15, 0.2) is 0 Å². The Morgan fingerprint density at radius 3 is 2.88 bits per heavy atom. The van der Waals surface area contributed by atoms with E-state index in [9.17, 15) is 0 Å². The van der Waals surface area contributed by atoms with Crippen LogP contribution >= 0.6 is 11.3 Å². The molecule has 90 valence electrons. The summed E-state index contributed by atoms with van der Waals surface area (Å²) < 4.78 is 0. The zero-order valence-corrected chi connectivity index (χ0v) is 10.9. The molecular formula is C12H16N4S. The minimum absolute atomic E-state index is 0.487. The first-order chi connectivity index (χ1) is 8.20. The Morgan fingerprint density at radius 2 is 2.29 bits per heavy atom. The van der Waals surface area contributed by atoms with Crippen LogP contribution in [0.3, 0.4) is 0 Å². The van der Waals surface area contributed by atoms with E-state index < -0.39 is 0 Å². The monoisotopic (exact) mass is 248 g/mol. The molecule has 0 saturated heterocycles. The Balaban J connectivity index is 2.14. The number of hydrogen-bond donors (Lipinski definition) is 1. The molecule has 0 unspecified atom stereocenters. The van der Waals surface area contributed by atoms with Crippen LogP contribution in [0.2, 0.25) is 0 Å². The number of hydrogen-bond acceptors (Lipinski definition) is 5. The van der Waals surface area contributed by atoms with Crippen molar-refractivity contribution in [1.29, 1.82) is 0 Å². The molecule has 4 nitrogen and oxygen atoms in total. The summed E-state index contributed by atoms with van der Waals surface area (Å²) in [5, 5.41) is 2.08.